The summed E-state index contributed by atoms with van der Waals surface area (Å²) >= 11 is 0. The molecule has 1 aliphatic heterocycles. The van der Waals surface area contributed by atoms with Crippen molar-refractivity contribution in [2.24, 2.45) is 5.92 Å². The van der Waals surface area contributed by atoms with E-state index in [-0.39, 0.29) is 6.10 Å². The van der Waals surface area contributed by atoms with Crippen molar-refractivity contribution in [1.29, 1.82) is 0 Å². The molecule has 1 unspecified atom stereocenters. The minimum absolute atomic E-state index is 0.193. The number of terminal acetylenes is 1. The summed E-state index contributed by atoms with van der Waals surface area (Å²) in [6.45, 7) is 1.99. The van der Waals surface area contributed by atoms with Crippen LogP contribution in [-0.4, -0.2) is 24.3 Å². The van der Waals surface area contributed by atoms with Crippen molar-refractivity contribution in [2.45, 2.75) is 25.4 Å². The quantitative estimate of drug-likeness (QED) is 0.574. The van der Waals surface area contributed by atoms with Gasteiger partial charge in [0.2, 0.25) is 0 Å². The molecule has 0 aliphatic carbocycles. The summed E-state index contributed by atoms with van der Waals surface area (Å²) in [5, 5.41) is 12.8. The van der Waals surface area contributed by atoms with Crippen LogP contribution in [0.5, 0.6) is 0 Å². The van der Waals surface area contributed by atoms with E-state index in [0.29, 0.717) is 12.3 Å². The van der Waals surface area contributed by atoms with Crippen LogP contribution in [0.2, 0.25) is 0 Å². The Kier molecular flexibility index (Phi) is 3.41. The fraction of sp³-hybridized carbons (Fsp3) is 0.778. The Labute approximate surface area is 68.0 Å². The second-order valence-electron chi connectivity index (χ2n) is 3.06. The summed E-state index contributed by atoms with van der Waals surface area (Å²) in [5.74, 6) is 2.98. The highest BCUT2D eigenvalue weighted by atomic mass is 16.3. The van der Waals surface area contributed by atoms with E-state index < -0.39 is 0 Å². The van der Waals surface area contributed by atoms with Gasteiger partial charge in [-0.3, -0.25) is 0 Å². The lowest BCUT2D eigenvalue weighted by Crippen LogP contribution is -2.22. The Hall–Kier alpha value is -0.520. The minimum Gasteiger partial charge on any atom is -0.393 e. The summed E-state index contributed by atoms with van der Waals surface area (Å²) in [6, 6.07) is 0. The Morgan fingerprint density at radius 2 is 2.55 bits per heavy atom. The van der Waals surface area contributed by atoms with Crippen LogP contribution in [0.1, 0.15) is 19.3 Å². The minimum atomic E-state index is -0.193. The fourth-order valence-electron chi connectivity index (χ4n) is 1.47. The van der Waals surface area contributed by atoms with Crippen LogP contribution in [-0.2, 0) is 0 Å². The monoisotopic (exact) mass is 153 g/mol. The number of aliphatic hydroxyl groups is 1. The van der Waals surface area contributed by atoms with Gasteiger partial charge in [-0.2, -0.15) is 0 Å². The van der Waals surface area contributed by atoms with Gasteiger partial charge in [-0.25, -0.2) is 0 Å². The molecule has 1 heterocycles. The number of hydrogen-bond acceptors (Lipinski definition) is 2. The highest BCUT2D eigenvalue weighted by molar-refractivity contribution is 4.86. The third kappa shape index (κ3) is 2.53. The van der Waals surface area contributed by atoms with Gasteiger partial charge in [0.05, 0.1) is 6.10 Å². The van der Waals surface area contributed by atoms with Crippen molar-refractivity contribution in [3.63, 3.8) is 0 Å². The third-order valence-corrected chi connectivity index (χ3v) is 2.23. The van der Waals surface area contributed by atoms with E-state index in [2.05, 4.69) is 11.2 Å². The topological polar surface area (TPSA) is 32.3 Å². The van der Waals surface area contributed by atoms with Gasteiger partial charge < -0.3 is 10.4 Å². The molecular formula is C9H15NO. The lowest BCUT2D eigenvalue weighted by Gasteiger charge is -2.14. The van der Waals surface area contributed by atoms with E-state index in [9.17, 15) is 5.11 Å². The average Bonchev–Trinajstić information content (AvgIpc) is 2.52. The number of rotatable bonds is 3. The molecule has 0 aromatic rings. The lowest BCUT2D eigenvalue weighted by molar-refractivity contribution is 0.110. The lowest BCUT2D eigenvalue weighted by atomic mass is 9.98. The zero-order valence-corrected chi connectivity index (χ0v) is 6.71. The van der Waals surface area contributed by atoms with Gasteiger partial charge in [0.1, 0.15) is 0 Å². The zero-order valence-electron chi connectivity index (χ0n) is 6.71. The van der Waals surface area contributed by atoms with E-state index in [4.69, 9.17) is 6.42 Å². The molecule has 0 bridgehead atoms. The van der Waals surface area contributed by atoms with Crippen molar-refractivity contribution in [3.8, 4) is 12.3 Å². The van der Waals surface area contributed by atoms with Crippen molar-refractivity contribution in [1.82, 2.24) is 5.32 Å². The first-order valence-corrected chi connectivity index (χ1v) is 4.17. The molecule has 0 radical (unpaired) electrons. The molecule has 11 heavy (non-hydrogen) atoms. The Bertz CT molecular complexity index is 144. The molecular weight excluding hydrogens is 138 g/mol. The van der Waals surface area contributed by atoms with Crippen LogP contribution >= 0.6 is 0 Å². The maximum Gasteiger partial charge on any atom is 0.0590 e. The summed E-state index contributed by atoms with van der Waals surface area (Å²) in [5.41, 5.74) is 0. The third-order valence-electron chi connectivity index (χ3n) is 2.23. The first kappa shape index (κ1) is 8.58. The largest absolute Gasteiger partial charge is 0.393 e. The average molecular weight is 153 g/mol. The molecule has 1 aliphatic rings. The normalized spacial score (nSPS) is 26.4. The van der Waals surface area contributed by atoms with Crippen molar-refractivity contribution in [3.05, 3.63) is 0 Å². The van der Waals surface area contributed by atoms with Gasteiger partial charge in [0.15, 0.2) is 0 Å². The van der Waals surface area contributed by atoms with Crippen molar-refractivity contribution >= 4 is 0 Å². The van der Waals surface area contributed by atoms with Gasteiger partial charge in [0, 0.05) is 13.0 Å². The summed E-state index contributed by atoms with van der Waals surface area (Å²) in [7, 11) is 0. The first-order chi connectivity index (χ1) is 5.34. The van der Waals surface area contributed by atoms with Crippen LogP contribution in [0.4, 0.5) is 0 Å². The Morgan fingerprint density at radius 1 is 1.73 bits per heavy atom. The first-order valence-electron chi connectivity index (χ1n) is 4.17. The molecule has 2 atom stereocenters. The number of aliphatic hydroxyl groups excluding tert-OH is 1. The predicted octanol–water partition coefficient (Wildman–Crippen LogP) is 0.370. The number of nitrogens with one attached hydrogen (secondary N) is 1. The van der Waals surface area contributed by atoms with Crippen LogP contribution < -0.4 is 5.32 Å². The molecule has 62 valence electrons. The van der Waals surface area contributed by atoms with E-state index >= 15 is 0 Å². The SMILES string of the molecule is C#CCCC(O)[C@@H]1CCNC1. The van der Waals surface area contributed by atoms with E-state index in [1.54, 1.807) is 0 Å². The second-order valence-corrected chi connectivity index (χ2v) is 3.06. The van der Waals surface area contributed by atoms with Gasteiger partial charge >= 0.3 is 0 Å². The molecule has 0 spiro atoms. The summed E-state index contributed by atoms with van der Waals surface area (Å²) in [4.78, 5) is 0. The summed E-state index contributed by atoms with van der Waals surface area (Å²) < 4.78 is 0. The van der Waals surface area contributed by atoms with E-state index in [1.165, 1.54) is 0 Å². The maximum atomic E-state index is 9.54. The van der Waals surface area contributed by atoms with Crippen LogP contribution in [0, 0.1) is 18.3 Å². The molecule has 2 nitrogen and oxygen atoms in total. The van der Waals surface area contributed by atoms with E-state index in [0.717, 1.165) is 25.9 Å². The van der Waals surface area contributed by atoms with Crippen LogP contribution in [0.3, 0.4) is 0 Å². The van der Waals surface area contributed by atoms with Gasteiger partial charge in [-0.15, -0.1) is 12.3 Å². The molecule has 2 heteroatoms. The number of hydrogen-bond donors (Lipinski definition) is 2. The Morgan fingerprint density at radius 3 is 3.09 bits per heavy atom. The van der Waals surface area contributed by atoms with Crippen molar-refractivity contribution < 1.29 is 5.11 Å². The smallest absolute Gasteiger partial charge is 0.0590 e. The standard InChI is InChI=1S/C9H15NO/c1-2-3-4-9(11)8-5-6-10-7-8/h1,8-11H,3-7H2/t8-,9?/m1/s1. The molecule has 0 aromatic carbocycles. The molecule has 1 fully saturated rings. The molecule has 0 amide bonds. The highest BCUT2D eigenvalue weighted by Gasteiger charge is 2.21. The van der Waals surface area contributed by atoms with E-state index in [1.807, 2.05) is 0 Å². The highest BCUT2D eigenvalue weighted by Crippen LogP contribution is 2.15. The van der Waals surface area contributed by atoms with Gasteiger partial charge in [-0.1, -0.05) is 0 Å². The second kappa shape index (κ2) is 4.38. The zero-order chi connectivity index (χ0) is 8.10. The molecule has 2 N–H and O–H groups in total. The molecule has 1 saturated heterocycles. The van der Waals surface area contributed by atoms with Gasteiger partial charge in [-0.05, 0) is 25.3 Å². The van der Waals surface area contributed by atoms with Crippen LogP contribution in [0.25, 0.3) is 0 Å². The molecule has 1 rings (SSSR count). The summed E-state index contributed by atoms with van der Waals surface area (Å²) in [6.07, 6.45) is 7.44. The maximum absolute atomic E-state index is 9.54. The Balaban J connectivity index is 2.18. The molecule has 0 saturated carbocycles. The fourth-order valence-corrected chi connectivity index (χ4v) is 1.47. The van der Waals surface area contributed by atoms with Gasteiger partial charge in [0.25, 0.3) is 0 Å². The molecule has 0 aromatic heterocycles. The van der Waals surface area contributed by atoms with Crippen LogP contribution in [0.15, 0.2) is 0 Å². The predicted molar refractivity (Wildman–Crippen MR) is 45.1 cm³/mol. The van der Waals surface area contributed by atoms with Crippen molar-refractivity contribution in [2.75, 3.05) is 13.1 Å².